The summed E-state index contributed by atoms with van der Waals surface area (Å²) in [4.78, 5) is 22.0. The highest BCUT2D eigenvalue weighted by molar-refractivity contribution is 6.35. The number of carbonyl (C=O) groups excluding carboxylic acids is 1. The zero-order valence-corrected chi connectivity index (χ0v) is 14.2. The Balaban J connectivity index is 1.49. The Hall–Kier alpha value is -2.05. The molecule has 0 aliphatic carbocycles. The van der Waals surface area contributed by atoms with Crippen LogP contribution in [0.5, 0.6) is 11.6 Å². The van der Waals surface area contributed by atoms with Crippen LogP contribution in [0.1, 0.15) is 6.42 Å². The average Bonchev–Trinajstić information content (AvgIpc) is 3.03. The summed E-state index contributed by atoms with van der Waals surface area (Å²) in [5, 5.41) is 0.891. The van der Waals surface area contributed by atoms with Gasteiger partial charge in [0.15, 0.2) is 6.61 Å². The maximum absolute atomic E-state index is 12.2. The molecule has 24 heavy (non-hydrogen) atoms. The number of nitrogens with zero attached hydrogens (tertiary/aromatic N) is 3. The summed E-state index contributed by atoms with van der Waals surface area (Å²) >= 11 is 11.8. The van der Waals surface area contributed by atoms with Crippen molar-refractivity contribution < 1.29 is 14.3 Å². The lowest BCUT2D eigenvalue weighted by Crippen LogP contribution is -2.34. The highest BCUT2D eigenvalue weighted by Crippen LogP contribution is 2.27. The van der Waals surface area contributed by atoms with Crippen molar-refractivity contribution in [3.8, 4) is 11.6 Å². The molecule has 0 radical (unpaired) electrons. The molecular weight excluding hydrogens is 353 g/mol. The summed E-state index contributed by atoms with van der Waals surface area (Å²) in [6, 6.07) is 4.87. The van der Waals surface area contributed by atoms with E-state index < -0.39 is 0 Å². The van der Waals surface area contributed by atoms with Crippen molar-refractivity contribution in [1.82, 2.24) is 14.9 Å². The fourth-order valence-corrected chi connectivity index (χ4v) is 2.85. The minimum absolute atomic E-state index is 0.0841. The Labute approximate surface area is 149 Å². The molecule has 2 aromatic rings. The van der Waals surface area contributed by atoms with Gasteiger partial charge in [0, 0.05) is 30.4 Å². The molecule has 0 spiro atoms. The third kappa shape index (κ3) is 4.27. The smallest absolute Gasteiger partial charge is 0.260 e. The normalized spacial score (nSPS) is 16.9. The van der Waals surface area contributed by atoms with Gasteiger partial charge in [0.05, 0.1) is 17.8 Å². The van der Waals surface area contributed by atoms with Crippen molar-refractivity contribution in [2.24, 2.45) is 0 Å². The van der Waals surface area contributed by atoms with Gasteiger partial charge in [-0.25, -0.2) is 4.98 Å². The molecule has 8 heteroatoms. The van der Waals surface area contributed by atoms with Crippen LogP contribution in [0.3, 0.4) is 0 Å². The minimum atomic E-state index is -0.119. The maximum atomic E-state index is 12.2. The molecular formula is C16H15Cl2N3O3. The van der Waals surface area contributed by atoms with Crippen LogP contribution in [-0.2, 0) is 4.79 Å². The number of aromatic nitrogens is 2. The van der Waals surface area contributed by atoms with Crippen molar-refractivity contribution >= 4 is 29.1 Å². The third-order valence-electron chi connectivity index (χ3n) is 3.57. The molecule has 0 bridgehead atoms. The average molecular weight is 368 g/mol. The van der Waals surface area contributed by atoms with Gasteiger partial charge < -0.3 is 14.4 Å². The topological polar surface area (TPSA) is 64.5 Å². The van der Waals surface area contributed by atoms with Gasteiger partial charge >= 0.3 is 0 Å². The van der Waals surface area contributed by atoms with Crippen LogP contribution in [0.25, 0.3) is 0 Å². The van der Waals surface area contributed by atoms with Gasteiger partial charge in [0.25, 0.3) is 5.91 Å². The molecule has 1 aromatic carbocycles. The quantitative estimate of drug-likeness (QED) is 0.812. The van der Waals surface area contributed by atoms with Gasteiger partial charge in [-0.3, -0.25) is 9.78 Å². The van der Waals surface area contributed by atoms with Crippen molar-refractivity contribution in [2.45, 2.75) is 12.5 Å². The fraction of sp³-hybridized carbons (Fsp3) is 0.312. The van der Waals surface area contributed by atoms with Gasteiger partial charge in [-0.15, -0.1) is 0 Å². The number of likely N-dealkylation sites (tertiary alicyclic amines) is 1. The van der Waals surface area contributed by atoms with Crippen LogP contribution in [0.15, 0.2) is 36.8 Å². The van der Waals surface area contributed by atoms with Crippen molar-refractivity contribution in [2.75, 3.05) is 19.7 Å². The molecule has 1 fully saturated rings. The first-order chi connectivity index (χ1) is 11.6. The fourth-order valence-electron chi connectivity index (χ4n) is 2.39. The standard InChI is InChI=1S/C16H15Cl2N3O3/c17-11-1-2-14(13(18)7-11)23-10-16(22)21-6-3-12(9-21)24-15-8-19-4-5-20-15/h1-2,4-5,7-8,12H,3,6,9-10H2. The molecule has 1 aromatic heterocycles. The van der Waals surface area contributed by atoms with E-state index in [1.54, 1.807) is 41.7 Å². The number of benzene rings is 1. The number of amides is 1. The zero-order valence-electron chi connectivity index (χ0n) is 12.7. The van der Waals surface area contributed by atoms with E-state index in [0.29, 0.717) is 34.8 Å². The molecule has 2 heterocycles. The molecule has 1 unspecified atom stereocenters. The zero-order chi connectivity index (χ0) is 16.9. The third-order valence-corrected chi connectivity index (χ3v) is 4.10. The van der Waals surface area contributed by atoms with E-state index in [4.69, 9.17) is 32.7 Å². The van der Waals surface area contributed by atoms with Crippen LogP contribution >= 0.6 is 23.2 Å². The molecule has 1 aliphatic heterocycles. The van der Waals surface area contributed by atoms with Gasteiger partial charge in [-0.1, -0.05) is 23.2 Å². The lowest BCUT2D eigenvalue weighted by molar-refractivity contribution is -0.132. The first-order valence-corrected chi connectivity index (χ1v) is 8.16. The first kappa shape index (κ1) is 16.8. The molecule has 1 amide bonds. The maximum Gasteiger partial charge on any atom is 0.260 e. The predicted molar refractivity (Wildman–Crippen MR) is 89.6 cm³/mol. The summed E-state index contributed by atoms with van der Waals surface area (Å²) in [5.41, 5.74) is 0. The molecule has 0 N–H and O–H groups in total. The van der Waals surface area contributed by atoms with E-state index in [9.17, 15) is 4.79 Å². The molecule has 1 atom stereocenters. The molecule has 126 valence electrons. The number of hydrogen-bond donors (Lipinski definition) is 0. The van der Waals surface area contributed by atoms with E-state index in [2.05, 4.69) is 9.97 Å². The Morgan fingerprint density at radius 3 is 2.96 bits per heavy atom. The Morgan fingerprint density at radius 2 is 2.21 bits per heavy atom. The van der Waals surface area contributed by atoms with Crippen molar-refractivity contribution in [1.29, 1.82) is 0 Å². The lowest BCUT2D eigenvalue weighted by Gasteiger charge is -2.17. The van der Waals surface area contributed by atoms with E-state index in [1.807, 2.05) is 0 Å². The monoisotopic (exact) mass is 367 g/mol. The molecule has 6 nitrogen and oxygen atoms in total. The Kier molecular flexibility index (Phi) is 5.37. The number of rotatable bonds is 5. The van der Waals surface area contributed by atoms with E-state index in [1.165, 1.54) is 0 Å². The van der Waals surface area contributed by atoms with E-state index in [0.717, 1.165) is 6.42 Å². The summed E-state index contributed by atoms with van der Waals surface area (Å²) in [5.74, 6) is 0.772. The summed E-state index contributed by atoms with van der Waals surface area (Å²) in [7, 11) is 0. The number of halogens is 2. The Morgan fingerprint density at radius 1 is 1.33 bits per heavy atom. The van der Waals surface area contributed by atoms with Gasteiger partial charge in [-0.2, -0.15) is 0 Å². The molecule has 3 rings (SSSR count). The van der Waals surface area contributed by atoms with Crippen LogP contribution in [-0.4, -0.2) is 46.6 Å². The first-order valence-electron chi connectivity index (χ1n) is 7.40. The van der Waals surface area contributed by atoms with Crippen LogP contribution in [0.2, 0.25) is 10.0 Å². The van der Waals surface area contributed by atoms with Crippen LogP contribution < -0.4 is 9.47 Å². The molecule has 1 aliphatic rings. The Bertz CT molecular complexity index is 715. The van der Waals surface area contributed by atoms with Crippen molar-refractivity contribution in [3.63, 3.8) is 0 Å². The lowest BCUT2D eigenvalue weighted by atomic mass is 10.3. The number of hydrogen-bond acceptors (Lipinski definition) is 5. The molecule has 0 saturated carbocycles. The van der Waals surface area contributed by atoms with Gasteiger partial charge in [-0.05, 0) is 18.2 Å². The number of ether oxygens (including phenoxy) is 2. The highest BCUT2D eigenvalue weighted by Gasteiger charge is 2.28. The number of carbonyl (C=O) groups is 1. The largest absolute Gasteiger partial charge is 0.482 e. The van der Waals surface area contributed by atoms with Gasteiger partial charge in [0.2, 0.25) is 5.88 Å². The van der Waals surface area contributed by atoms with E-state index in [-0.39, 0.29) is 18.6 Å². The molecule has 1 saturated heterocycles. The second kappa shape index (κ2) is 7.68. The van der Waals surface area contributed by atoms with Crippen molar-refractivity contribution in [3.05, 3.63) is 46.8 Å². The highest BCUT2D eigenvalue weighted by atomic mass is 35.5. The summed E-state index contributed by atoms with van der Waals surface area (Å²) in [6.45, 7) is 1.02. The summed E-state index contributed by atoms with van der Waals surface area (Å²) < 4.78 is 11.2. The second-order valence-corrected chi connectivity index (χ2v) is 6.12. The van der Waals surface area contributed by atoms with Crippen LogP contribution in [0, 0.1) is 0 Å². The summed E-state index contributed by atoms with van der Waals surface area (Å²) in [6.07, 6.45) is 5.35. The second-order valence-electron chi connectivity index (χ2n) is 5.28. The minimum Gasteiger partial charge on any atom is -0.482 e. The van der Waals surface area contributed by atoms with Crippen LogP contribution in [0.4, 0.5) is 0 Å². The SMILES string of the molecule is O=C(COc1ccc(Cl)cc1Cl)N1CCC(Oc2cnccn2)C1. The predicted octanol–water partition coefficient (Wildman–Crippen LogP) is 2.84. The van der Waals surface area contributed by atoms with Gasteiger partial charge in [0.1, 0.15) is 11.9 Å². The van der Waals surface area contributed by atoms with E-state index >= 15 is 0 Å².